The van der Waals surface area contributed by atoms with E-state index in [0.717, 1.165) is 30.9 Å². The number of rotatable bonds is 7. The molecule has 0 aromatic carbocycles. The highest BCUT2D eigenvalue weighted by atomic mass is 16.5. The molecular formula is C15H30N2O. The molecule has 1 aliphatic carbocycles. The Morgan fingerprint density at radius 1 is 1.33 bits per heavy atom. The standard InChI is InChI=1S/C15H30N2O/c1-14(2,6-9-18-3)12-17-11-13-10-15(13)4-7-16-8-5-15/h13,16-17H,4-12H2,1-3H3. The average Bonchev–Trinajstić information content (AvgIpc) is 3.00. The topological polar surface area (TPSA) is 33.3 Å². The van der Waals surface area contributed by atoms with Crippen LogP contribution in [0.5, 0.6) is 0 Å². The molecule has 18 heavy (non-hydrogen) atoms. The molecular weight excluding hydrogens is 224 g/mol. The Morgan fingerprint density at radius 2 is 2.06 bits per heavy atom. The van der Waals surface area contributed by atoms with Gasteiger partial charge in [-0.3, -0.25) is 0 Å². The fourth-order valence-electron chi connectivity index (χ4n) is 3.31. The van der Waals surface area contributed by atoms with Crippen LogP contribution >= 0.6 is 0 Å². The van der Waals surface area contributed by atoms with Crippen LogP contribution in [0.25, 0.3) is 0 Å². The Hall–Kier alpha value is -0.120. The van der Waals surface area contributed by atoms with Gasteiger partial charge >= 0.3 is 0 Å². The molecule has 1 unspecified atom stereocenters. The van der Waals surface area contributed by atoms with Crippen LogP contribution in [0.15, 0.2) is 0 Å². The molecule has 2 fully saturated rings. The number of nitrogens with one attached hydrogen (secondary N) is 2. The van der Waals surface area contributed by atoms with E-state index in [-0.39, 0.29) is 0 Å². The van der Waals surface area contributed by atoms with Crippen molar-refractivity contribution in [2.24, 2.45) is 16.7 Å². The van der Waals surface area contributed by atoms with E-state index >= 15 is 0 Å². The van der Waals surface area contributed by atoms with Crippen molar-refractivity contribution in [3.63, 3.8) is 0 Å². The largest absolute Gasteiger partial charge is 0.385 e. The van der Waals surface area contributed by atoms with E-state index < -0.39 is 0 Å². The molecule has 2 N–H and O–H groups in total. The van der Waals surface area contributed by atoms with Gasteiger partial charge in [0.2, 0.25) is 0 Å². The highest BCUT2D eigenvalue weighted by Gasteiger charge is 2.53. The summed E-state index contributed by atoms with van der Waals surface area (Å²) in [5.74, 6) is 0.942. The third-order valence-corrected chi connectivity index (χ3v) is 4.94. The lowest BCUT2D eigenvalue weighted by atomic mass is 9.89. The minimum atomic E-state index is 0.353. The van der Waals surface area contributed by atoms with Crippen LogP contribution in [0.1, 0.15) is 39.5 Å². The zero-order valence-corrected chi connectivity index (χ0v) is 12.3. The van der Waals surface area contributed by atoms with E-state index in [1.165, 1.54) is 38.9 Å². The molecule has 0 aromatic rings. The number of hydrogen-bond acceptors (Lipinski definition) is 3. The first kappa shape index (κ1) is 14.3. The molecule has 1 spiro atoms. The van der Waals surface area contributed by atoms with Crippen molar-refractivity contribution in [2.75, 3.05) is 39.9 Å². The van der Waals surface area contributed by atoms with E-state index in [4.69, 9.17) is 4.74 Å². The fourth-order valence-corrected chi connectivity index (χ4v) is 3.31. The van der Waals surface area contributed by atoms with Gasteiger partial charge in [0, 0.05) is 20.3 Å². The number of methoxy groups -OCH3 is 1. The van der Waals surface area contributed by atoms with Crippen LogP contribution in [-0.2, 0) is 4.74 Å². The lowest BCUT2D eigenvalue weighted by molar-refractivity contribution is 0.150. The maximum absolute atomic E-state index is 5.17. The maximum Gasteiger partial charge on any atom is 0.0467 e. The van der Waals surface area contributed by atoms with E-state index in [9.17, 15) is 0 Å². The Labute approximate surface area is 112 Å². The van der Waals surface area contributed by atoms with Crippen LogP contribution in [0.3, 0.4) is 0 Å². The Kier molecular flexibility index (Phi) is 4.68. The van der Waals surface area contributed by atoms with Crippen molar-refractivity contribution in [3.05, 3.63) is 0 Å². The number of piperidine rings is 1. The van der Waals surface area contributed by atoms with Crippen LogP contribution in [0.4, 0.5) is 0 Å². The molecule has 0 radical (unpaired) electrons. The SMILES string of the molecule is COCCC(C)(C)CNCC1CC12CCNCC2. The van der Waals surface area contributed by atoms with Crippen LogP contribution in [0.2, 0.25) is 0 Å². The Balaban J connectivity index is 1.61. The summed E-state index contributed by atoms with van der Waals surface area (Å²) in [5, 5.41) is 7.16. The van der Waals surface area contributed by atoms with Crippen LogP contribution in [0, 0.1) is 16.7 Å². The molecule has 1 atom stereocenters. The van der Waals surface area contributed by atoms with Gasteiger partial charge < -0.3 is 15.4 Å². The van der Waals surface area contributed by atoms with Gasteiger partial charge in [0.25, 0.3) is 0 Å². The third kappa shape index (κ3) is 3.69. The summed E-state index contributed by atoms with van der Waals surface area (Å²) in [6, 6.07) is 0. The quantitative estimate of drug-likeness (QED) is 0.729. The molecule has 0 bridgehead atoms. The molecule has 1 aliphatic heterocycles. The third-order valence-electron chi connectivity index (χ3n) is 4.94. The average molecular weight is 254 g/mol. The molecule has 1 saturated heterocycles. The van der Waals surface area contributed by atoms with Crippen molar-refractivity contribution in [1.29, 1.82) is 0 Å². The highest BCUT2D eigenvalue weighted by Crippen LogP contribution is 2.58. The van der Waals surface area contributed by atoms with E-state index in [1.807, 2.05) is 0 Å². The van der Waals surface area contributed by atoms with Gasteiger partial charge in [-0.05, 0) is 62.1 Å². The molecule has 3 heteroatoms. The molecule has 1 saturated carbocycles. The minimum absolute atomic E-state index is 0.353. The van der Waals surface area contributed by atoms with Gasteiger partial charge in [0.15, 0.2) is 0 Å². The van der Waals surface area contributed by atoms with E-state index in [2.05, 4.69) is 24.5 Å². The second-order valence-corrected chi connectivity index (χ2v) is 7.05. The fraction of sp³-hybridized carbons (Fsp3) is 1.00. The Morgan fingerprint density at radius 3 is 2.72 bits per heavy atom. The summed E-state index contributed by atoms with van der Waals surface area (Å²) in [7, 11) is 1.79. The van der Waals surface area contributed by atoms with Crippen molar-refractivity contribution >= 4 is 0 Å². The van der Waals surface area contributed by atoms with Gasteiger partial charge in [-0.2, -0.15) is 0 Å². The molecule has 1 heterocycles. The maximum atomic E-state index is 5.17. The smallest absolute Gasteiger partial charge is 0.0467 e. The lowest BCUT2D eigenvalue weighted by Crippen LogP contribution is -2.34. The second-order valence-electron chi connectivity index (χ2n) is 7.05. The Bertz CT molecular complexity index is 259. The van der Waals surface area contributed by atoms with Crippen molar-refractivity contribution in [2.45, 2.75) is 39.5 Å². The van der Waals surface area contributed by atoms with Crippen molar-refractivity contribution in [1.82, 2.24) is 10.6 Å². The minimum Gasteiger partial charge on any atom is -0.385 e. The van der Waals surface area contributed by atoms with E-state index in [1.54, 1.807) is 7.11 Å². The van der Waals surface area contributed by atoms with Crippen molar-refractivity contribution in [3.8, 4) is 0 Å². The zero-order chi connectivity index (χ0) is 13.1. The highest BCUT2D eigenvalue weighted by molar-refractivity contribution is 5.05. The van der Waals surface area contributed by atoms with E-state index in [0.29, 0.717) is 5.41 Å². The first-order valence-corrected chi connectivity index (χ1v) is 7.48. The molecule has 2 aliphatic rings. The first-order valence-electron chi connectivity index (χ1n) is 7.48. The summed E-state index contributed by atoms with van der Waals surface area (Å²) >= 11 is 0. The van der Waals surface area contributed by atoms with Gasteiger partial charge in [-0.25, -0.2) is 0 Å². The second kappa shape index (κ2) is 5.89. The van der Waals surface area contributed by atoms with Crippen molar-refractivity contribution < 1.29 is 4.74 Å². The lowest BCUT2D eigenvalue weighted by Gasteiger charge is -2.26. The summed E-state index contributed by atoms with van der Waals surface area (Å²) < 4.78 is 5.17. The summed E-state index contributed by atoms with van der Waals surface area (Å²) in [5.41, 5.74) is 1.07. The van der Waals surface area contributed by atoms with Crippen LogP contribution in [-0.4, -0.2) is 39.9 Å². The molecule has 106 valence electrons. The molecule has 0 aromatic heterocycles. The summed E-state index contributed by atoms with van der Waals surface area (Å²) in [6.07, 6.45) is 5.38. The number of hydrogen-bond donors (Lipinski definition) is 2. The molecule has 0 amide bonds. The predicted molar refractivity (Wildman–Crippen MR) is 75.8 cm³/mol. The van der Waals surface area contributed by atoms with Gasteiger partial charge in [0.05, 0.1) is 0 Å². The van der Waals surface area contributed by atoms with Gasteiger partial charge in [-0.15, -0.1) is 0 Å². The summed E-state index contributed by atoms with van der Waals surface area (Å²) in [6.45, 7) is 10.3. The molecule has 3 nitrogen and oxygen atoms in total. The van der Waals surface area contributed by atoms with Gasteiger partial charge in [-0.1, -0.05) is 13.8 Å². The number of ether oxygens (including phenoxy) is 1. The van der Waals surface area contributed by atoms with Crippen LogP contribution < -0.4 is 10.6 Å². The monoisotopic (exact) mass is 254 g/mol. The van der Waals surface area contributed by atoms with Gasteiger partial charge in [0.1, 0.15) is 0 Å². The molecule has 2 rings (SSSR count). The summed E-state index contributed by atoms with van der Waals surface area (Å²) in [4.78, 5) is 0. The normalized spacial score (nSPS) is 26.5. The first-order chi connectivity index (χ1) is 8.58. The zero-order valence-electron chi connectivity index (χ0n) is 12.3. The predicted octanol–water partition coefficient (Wildman–Crippen LogP) is 2.03.